The summed E-state index contributed by atoms with van der Waals surface area (Å²) in [5, 5.41) is 20.2. The third-order valence-corrected chi connectivity index (χ3v) is 4.43. The third kappa shape index (κ3) is 3.62. The number of amides is 1. The number of sulfonamides is 1. The van der Waals surface area contributed by atoms with Crippen LogP contribution in [-0.4, -0.2) is 39.6 Å². The molecular weight excluding hydrogens is 348 g/mol. The Kier molecular flexibility index (Phi) is 4.41. The van der Waals surface area contributed by atoms with Crippen molar-refractivity contribution in [2.45, 2.75) is 4.90 Å². The molecule has 25 heavy (non-hydrogen) atoms. The third-order valence-electron chi connectivity index (χ3n) is 3.19. The summed E-state index contributed by atoms with van der Waals surface area (Å²) in [7, 11) is -4.04. The van der Waals surface area contributed by atoms with Crippen molar-refractivity contribution in [3.05, 3.63) is 60.4 Å². The second-order valence-electron chi connectivity index (χ2n) is 4.83. The summed E-state index contributed by atoms with van der Waals surface area (Å²) >= 11 is 0. The number of phenols is 1. The molecule has 0 atom stereocenters. The number of nitrogens with zero attached hydrogens (tertiary/aromatic N) is 4. The first-order valence-corrected chi connectivity index (χ1v) is 8.39. The number of nitrogens with one attached hydrogen (secondary N) is 2. The predicted molar refractivity (Wildman–Crippen MR) is 85.0 cm³/mol. The number of phenolic OH excluding ortho intramolecular Hbond substituents is 1. The number of para-hydroxylation sites is 1. The van der Waals surface area contributed by atoms with E-state index in [0.29, 0.717) is 5.69 Å². The van der Waals surface area contributed by atoms with Gasteiger partial charge in [-0.3, -0.25) is 10.2 Å². The normalized spacial score (nSPS) is 11.2. The molecule has 0 radical (unpaired) electrons. The van der Waals surface area contributed by atoms with Gasteiger partial charge in [-0.05, 0) is 40.8 Å². The van der Waals surface area contributed by atoms with Gasteiger partial charge in [0.2, 0.25) is 0 Å². The van der Waals surface area contributed by atoms with Gasteiger partial charge in [0.1, 0.15) is 12.1 Å². The van der Waals surface area contributed by atoms with E-state index in [4.69, 9.17) is 0 Å². The Hall–Kier alpha value is -3.31. The second-order valence-corrected chi connectivity index (χ2v) is 6.51. The lowest BCUT2D eigenvalue weighted by Crippen LogP contribution is -2.41. The van der Waals surface area contributed by atoms with Crippen LogP contribution < -0.4 is 10.3 Å². The number of aromatic hydroxyl groups is 1. The van der Waals surface area contributed by atoms with E-state index in [1.165, 1.54) is 41.3 Å². The van der Waals surface area contributed by atoms with Crippen LogP contribution in [0.5, 0.6) is 5.75 Å². The highest BCUT2D eigenvalue weighted by atomic mass is 32.2. The predicted octanol–water partition coefficient (Wildman–Crippen LogP) is -0.00880. The maximum atomic E-state index is 12.3. The molecule has 1 aromatic heterocycles. The van der Waals surface area contributed by atoms with Crippen molar-refractivity contribution in [1.82, 2.24) is 30.5 Å². The molecule has 0 saturated carbocycles. The molecular formula is C14H12N6O4S. The fourth-order valence-corrected chi connectivity index (χ4v) is 2.86. The van der Waals surface area contributed by atoms with Gasteiger partial charge in [0, 0.05) is 0 Å². The number of carbonyl (C=O) groups is 1. The molecule has 1 amide bonds. The lowest BCUT2D eigenvalue weighted by molar-refractivity contribution is 0.0942. The molecule has 11 heteroatoms. The highest BCUT2D eigenvalue weighted by molar-refractivity contribution is 7.89. The molecule has 128 valence electrons. The van der Waals surface area contributed by atoms with E-state index in [0.717, 1.165) is 0 Å². The van der Waals surface area contributed by atoms with Gasteiger partial charge < -0.3 is 5.11 Å². The van der Waals surface area contributed by atoms with Crippen LogP contribution in [0, 0.1) is 0 Å². The van der Waals surface area contributed by atoms with E-state index >= 15 is 0 Å². The quantitative estimate of drug-likeness (QED) is 0.544. The van der Waals surface area contributed by atoms with E-state index in [9.17, 15) is 18.3 Å². The number of hydrogen-bond donors (Lipinski definition) is 3. The van der Waals surface area contributed by atoms with Crippen molar-refractivity contribution < 1.29 is 18.3 Å². The number of benzene rings is 2. The zero-order chi connectivity index (χ0) is 17.9. The molecule has 0 unspecified atom stereocenters. The molecule has 0 fully saturated rings. The molecule has 3 aromatic rings. The summed E-state index contributed by atoms with van der Waals surface area (Å²) in [5.41, 5.74) is 2.42. The van der Waals surface area contributed by atoms with Crippen LogP contribution in [0.15, 0.2) is 59.8 Å². The van der Waals surface area contributed by atoms with Gasteiger partial charge in [0.15, 0.2) is 0 Å². The van der Waals surface area contributed by atoms with Gasteiger partial charge in [-0.2, -0.15) is 0 Å². The molecule has 0 saturated heterocycles. The number of rotatable bonds is 5. The van der Waals surface area contributed by atoms with E-state index in [-0.39, 0.29) is 16.2 Å². The van der Waals surface area contributed by atoms with Crippen molar-refractivity contribution in [3.63, 3.8) is 0 Å². The first-order valence-electron chi connectivity index (χ1n) is 6.91. The minimum Gasteiger partial charge on any atom is -0.507 e. The summed E-state index contributed by atoms with van der Waals surface area (Å²) in [5.74, 6) is -1.06. The Balaban J connectivity index is 1.77. The molecule has 2 aromatic carbocycles. The Morgan fingerprint density at radius 1 is 1.12 bits per heavy atom. The maximum absolute atomic E-state index is 12.3. The topological polar surface area (TPSA) is 139 Å². The van der Waals surface area contributed by atoms with Gasteiger partial charge in [0.05, 0.1) is 16.1 Å². The number of aromatic nitrogens is 4. The van der Waals surface area contributed by atoms with E-state index in [1.807, 2.05) is 10.3 Å². The van der Waals surface area contributed by atoms with Gasteiger partial charge in [-0.25, -0.2) is 13.1 Å². The van der Waals surface area contributed by atoms with Crippen LogP contribution in [-0.2, 0) is 10.0 Å². The summed E-state index contributed by atoms with van der Waals surface area (Å²) in [6.45, 7) is 0. The van der Waals surface area contributed by atoms with Crippen molar-refractivity contribution in [2.24, 2.45) is 0 Å². The Morgan fingerprint density at radius 3 is 2.64 bits per heavy atom. The molecule has 0 aliphatic carbocycles. The average molecular weight is 360 g/mol. The number of hydrazine groups is 1. The van der Waals surface area contributed by atoms with Crippen LogP contribution in [0.3, 0.4) is 0 Å². The lowest BCUT2D eigenvalue weighted by Gasteiger charge is -2.10. The minimum absolute atomic E-state index is 0.0624. The van der Waals surface area contributed by atoms with Crippen LogP contribution in [0.2, 0.25) is 0 Å². The zero-order valence-electron chi connectivity index (χ0n) is 12.6. The second kappa shape index (κ2) is 6.67. The highest BCUT2D eigenvalue weighted by Crippen LogP contribution is 2.16. The zero-order valence-corrected chi connectivity index (χ0v) is 13.4. The standard InChI is InChI=1S/C14H12N6O4S/c21-13-7-2-1-6-12(13)14(22)16-19-25(23,24)11-5-3-4-10(8-11)20-9-15-17-18-20/h1-9,19,21H,(H,16,22). The van der Waals surface area contributed by atoms with Crippen LogP contribution in [0.4, 0.5) is 0 Å². The maximum Gasteiger partial charge on any atom is 0.269 e. The summed E-state index contributed by atoms with van der Waals surface area (Å²) in [4.78, 5) is 13.8. The monoisotopic (exact) mass is 360 g/mol. The van der Waals surface area contributed by atoms with E-state index in [2.05, 4.69) is 15.5 Å². The van der Waals surface area contributed by atoms with E-state index in [1.54, 1.807) is 18.2 Å². The fourth-order valence-electron chi connectivity index (χ4n) is 1.98. The van der Waals surface area contributed by atoms with Gasteiger partial charge in [-0.1, -0.05) is 18.2 Å². The highest BCUT2D eigenvalue weighted by Gasteiger charge is 2.18. The number of hydrogen-bond acceptors (Lipinski definition) is 7. The lowest BCUT2D eigenvalue weighted by atomic mass is 10.2. The molecule has 0 bridgehead atoms. The molecule has 0 aliphatic heterocycles. The Labute approximate surface area is 142 Å². The SMILES string of the molecule is O=C(NNS(=O)(=O)c1cccc(-n2cnnn2)c1)c1ccccc1O. The van der Waals surface area contributed by atoms with Crippen molar-refractivity contribution in [3.8, 4) is 11.4 Å². The number of tetrazole rings is 1. The number of carbonyl (C=O) groups excluding carboxylic acids is 1. The molecule has 0 spiro atoms. The minimum atomic E-state index is -4.04. The summed E-state index contributed by atoms with van der Waals surface area (Å²) in [6, 6.07) is 11.6. The van der Waals surface area contributed by atoms with Crippen LogP contribution in [0.1, 0.15) is 10.4 Å². The van der Waals surface area contributed by atoms with Crippen LogP contribution in [0.25, 0.3) is 5.69 Å². The largest absolute Gasteiger partial charge is 0.507 e. The van der Waals surface area contributed by atoms with Crippen molar-refractivity contribution in [2.75, 3.05) is 0 Å². The Bertz CT molecular complexity index is 1000. The van der Waals surface area contributed by atoms with Crippen molar-refractivity contribution in [1.29, 1.82) is 0 Å². The Morgan fingerprint density at radius 2 is 1.92 bits per heavy atom. The molecule has 0 aliphatic rings. The summed E-state index contributed by atoms with van der Waals surface area (Å²) in [6.07, 6.45) is 1.32. The van der Waals surface area contributed by atoms with Crippen molar-refractivity contribution >= 4 is 15.9 Å². The summed E-state index contributed by atoms with van der Waals surface area (Å²) < 4.78 is 25.9. The molecule has 3 N–H and O–H groups in total. The molecule has 3 rings (SSSR count). The van der Waals surface area contributed by atoms with Gasteiger partial charge in [-0.15, -0.1) is 9.93 Å². The smallest absolute Gasteiger partial charge is 0.269 e. The first kappa shape index (κ1) is 16.5. The average Bonchev–Trinajstić information content (AvgIpc) is 3.15. The molecule has 10 nitrogen and oxygen atoms in total. The van der Waals surface area contributed by atoms with E-state index < -0.39 is 15.9 Å². The first-order chi connectivity index (χ1) is 12.0. The fraction of sp³-hybridized carbons (Fsp3) is 0. The molecule has 1 heterocycles. The van der Waals surface area contributed by atoms with Gasteiger partial charge >= 0.3 is 0 Å². The van der Waals surface area contributed by atoms with Gasteiger partial charge in [0.25, 0.3) is 15.9 Å². The van der Waals surface area contributed by atoms with Crippen LogP contribution >= 0.6 is 0 Å².